The summed E-state index contributed by atoms with van der Waals surface area (Å²) < 4.78 is 0. The van der Waals surface area contributed by atoms with Gasteiger partial charge in [0.2, 0.25) is 0 Å². The number of benzene rings is 12. The van der Waals surface area contributed by atoms with Gasteiger partial charge in [0.15, 0.2) is 0 Å². The van der Waals surface area contributed by atoms with E-state index in [0.29, 0.717) is 0 Å². The molecule has 0 saturated carbocycles. The highest BCUT2D eigenvalue weighted by Crippen LogP contribution is 2.65. The molecule has 0 amide bonds. The molecular formula is C74H45BN2. The normalized spacial score (nSPS) is 14.9. The van der Waals surface area contributed by atoms with Crippen LogP contribution in [0.5, 0.6) is 0 Å². The van der Waals surface area contributed by atoms with E-state index in [4.69, 9.17) is 0 Å². The Kier molecular flexibility index (Phi) is 8.11. The predicted molar refractivity (Wildman–Crippen MR) is 318 cm³/mol. The lowest BCUT2D eigenvalue weighted by atomic mass is 9.33. The van der Waals surface area contributed by atoms with Crippen LogP contribution in [0.4, 0.5) is 34.1 Å². The number of hydrogen-bond donors (Lipinski definition) is 0. The third-order valence-corrected chi connectivity index (χ3v) is 18.5. The Morgan fingerprint density at radius 2 is 0.597 bits per heavy atom. The van der Waals surface area contributed by atoms with Crippen LogP contribution in [0.1, 0.15) is 44.5 Å². The van der Waals surface area contributed by atoms with Crippen LogP contribution in [0.25, 0.3) is 55.6 Å². The van der Waals surface area contributed by atoms with Crippen molar-refractivity contribution in [3.63, 3.8) is 0 Å². The van der Waals surface area contributed by atoms with E-state index in [1.165, 1.54) is 139 Å². The molecule has 0 atom stereocenters. The number of rotatable bonds is 3. The van der Waals surface area contributed by atoms with Gasteiger partial charge in [-0.05, 0) is 165 Å². The van der Waals surface area contributed by atoms with Crippen LogP contribution < -0.4 is 26.2 Å². The smallest absolute Gasteiger partial charge is 0.252 e. The number of nitrogens with zero attached hydrogens (tertiary/aromatic N) is 2. The van der Waals surface area contributed by atoms with Gasteiger partial charge >= 0.3 is 0 Å². The van der Waals surface area contributed by atoms with Crippen molar-refractivity contribution >= 4 is 57.2 Å². The number of para-hydroxylation sites is 1. The second-order valence-corrected chi connectivity index (χ2v) is 21.7. The zero-order valence-electron chi connectivity index (χ0n) is 42.0. The zero-order valence-corrected chi connectivity index (χ0v) is 42.0. The first kappa shape index (κ1) is 41.6. The first-order valence-corrected chi connectivity index (χ1v) is 27.1. The van der Waals surface area contributed by atoms with E-state index < -0.39 is 10.8 Å². The van der Waals surface area contributed by atoms with Gasteiger partial charge in [0, 0.05) is 34.1 Å². The average Bonchev–Trinajstić information content (AvgIpc) is 4.24. The van der Waals surface area contributed by atoms with E-state index in [1.807, 2.05) is 0 Å². The molecule has 0 aromatic heterocycles. The number of fused-ring (bicyclic) bond motifs is 24. The van der Waals surface area contributed by atoms with Gasteiger partial charge in [-0.2, -0.15) is 0 Å². The lowest BCUT2D eigenvalue weighted by Gasteiger charge is -2.44. The Bertz CT molecular complexity index is 4430. The molecule has 354 valence electrons. The number of hydrogen-bond acceptors (Lipinski definition) is 2. The molecular weight excluding hydrogens is 928 g/mol. The van der Waals surface area contributed by atoms with Crippen LogP contribution >= 0.6 is 0 Å². The van der Waals surface area contributed by atoms with Crippen LogP contribution in [0.3, 0.4) is 0 Å². The molecule has 2 spiro atoms. The molecule has 0 radical (unpaired) electrons. The maximum atomic E-state index is 2.59. The first-order valence-electron chi connectivity index (χ1n) is 27.1. The van der Waals surface area contributed by atoms with Gasteiger partial charge in [0.05, 0.1) is 10.8 Å². The third-order valence-electron chi connectivity index (χ3n) is 18.5. The summed E-state index contributed by atoms with van der Waals surface area (Å²) in [6.45, 7) is -0.0271. The molecule has 0 bridgehead atoms. The fraction of sp³-hybridized carbons (Fsp3) is 0.0270. The van der Waals surface area contributed by atoms with E-state index in [2.05, 4.69) is 283 Å². The molecule has 12 aromatic rings. The second-order valence-electron chi connectivity index (χ2n) is 21.7. The van der Waals surface area contributed by atoms with Crippen LogP contribution in [0, 0.1) is 0 Å². The lowest BCUT2D eigenvalue weighted by molar-refractivity contribution is 0.793. The maximum Gasteiger partial charge on any atom is 0.252 e. The molecule has 0 saturated heterocycles. The summed E-state index contributed by atoms with van der Waals surface area (Å²) >= 11 is 0. The van der Waals surface area contributed by atoms with Crippen molar-refractivity contribution in [2.45, 2.75) is 10.8 Å². The fourth-order valence-corrected chi connectivity index (χ4v) is 15.7. The standard InChI is InChI=1S/C74H45BN2/c1-2-19-46(20-3-1)47-37-42-69-67(43-47)75-66-33-16-17-34-68(66)76(48-38-40-56-54-25-8-14-31-62(54)73(64(56)44-48)58-27-10-4-21-50(58)51-22-5-11-28-59(51)73)70-35-18-36-71(72(70)75)77(69)49-39-41-57-55-26-9-15-32-63(55)74(65(57)45-49)60-29-12-6-23-52(60)53-24-7-13-30-61(53)74/h1-45H. The van der Waals surface area contributed by atoms with Crippen LogP contribution in [0.15, 0.2) is 273 Å². The zero-order chi connectivity index (χ0) is 50.1. The summed E-state index contributed by atoms with van der Waals surface area (Å²) in [6, 6.07) is 104. The Balaban J connectivity index is 0.889. The summed E-state index contributed by atoms with van der Waals surface area (Å²) in [5, 5.41) is 0. The monoisotopic (exact) mass is 972 g/mol. The van der Waals surface area contributed by atoms with E-state index in [9.17, 15) is 0 Å². The van der Waals surface area contributed by atoms with Gasteiger partial charge in [-0.15, -0.1) is 0 Å². The highest BCUT2D eigenvalue weighted by molar-refractivity contribution is 7.00. The molecule has 0 N–H and O–H groups in total. The average molecular weight is 973 g/mol. The maximum absolute atomic E-state index is 2.59. The predicted octanol–water partition coefficient (Wildman–Crippen LogP) is 16.1. The molecule has 12 aromatic carbocycles. The van der Waals surface area contributed by atoms with Crippen LogP contribution in [-0.2, 0) is 10.8 Å². The minimum atomic E-state index is -0.468. The molecule has 0 fully saturated rings. The van der Waals surface area contributed by atoms with Gasteiger partial charge in [-0.25, -0.2) is 0 Å². The Hall–Kier alpha value is -9.70. The summed E-state index contributed by atoms with van der Waals surface area (Å²) in [6.07, 6.45) is 0. The molecule has 2 aliphatic heterocycles. The van der Waals surface area contributed by atoms with Gasteiger partial charge in [0.1, 0.15) is 0 Å². The topological polar surface area (TPSA) is 6.48 Å². The Morgan fingerprint density at radius 1 is 0.234 bits per heavy atom. The van der Waals surface area contributed by atoms with E-state index in [1.54, 1.807) is 0 Å². The molecule has 2 heterocycles. The van der Waals surface area contributed by atoms with Crippen LogP contribution in [0.2, 0.25) is 0 Å². The van der Waals surface area contributed by atoms with Crippen molar-refractivity contribution in [2.24, 2.45) is 0 Å². The summed E-state index contributed by atoms with van der Waals surface area (Å²) in [5.41, 5.74) is 33.8. The minimum Gasteiger partial charge on any atom is -0.311 e. The fourth-order valence-electron chi connectivity index (χ4n) is 15.7. The highest BCUT2D eigenvalue weighted by atomic mass is 15.2. The molecule has 0 unspecified atom stereocenters. The third kappa shape index (κ3) is 5.08. The van der Waals surface area contributed by atoms with E-state index in [-0.39, 0.29) is 6.71 Å². The summed E-state index contributed by atoms with van der Waals surface area (Å²) in [7, 11) is 0. The van der Waals surface area contributed by atoms with E-state index in [0.717, 1.165) is 11.4 Å². The molecule has 3 heteroatoms. The first-order chi connectivity index (χ1) is 38.2. The summed E-state index contributed by atoms with van der Waals surface area (Å²) in [5.74, 6) is 0. The Labute approximate surface area is 448 Å². The molecule has 4 aliphatic carbocycles. The largest absolute Gasteiger partial charge is 0.311 e. The van der Waals surface area contributed by atoms with Crippen molar-refractivity contribution in [3.05, 3.63) is 317 Å². The van der Waals surface area contributed by atoms with Crippen LogP contribution in [-0.4, -0.2) is 6.71 Å². The SMILES string of the molecule is c1ccc(-c2ccc3c(c2)B2c4ccccc4N(c4ccc5c(c4)C4(c6ccccc6-c6ccccc64)c4ccccc4-5)c4cccc(c42)N3c2ccc3c(c2)C2(c4ccccc4-c4ccccc42)c2ccccc2-3)cc1. The van der Waals surface area contributed by atoms with Crippen molar-refractivity contribution in [1.82, 2.24) is 0 Å². The van der Waals surface area contributed by atoms with Crippen molar-refractivity contribution in [1.29, 1.82) is 0 Å². The molecule has 77 heavy (non-hydrogen) atoms. The quantitative estimate of drug-likeness (QED) is 0.163. The van der Waals surface area contributed by atoms with Gasteiger partial charge in [-0.3, -0.25) is 0 Å². The lowest BCUT2D eigenvalue weighted by Crippen LogP contribution is -2.61. The van der Waals surface area contributed by atoms with Gasteiger partial charge in [-0.1, -0.05) is 224 Å². The minimum absolute atomic E-state index is 0.0271. The van der Waals surface area contributed by atoms with Crippen molar-refractivity contribution in [2.75, 3.05) is 9.80 Å². The van der Waals surface area contributed by atoms with Crippen molar-refractivity contribution in [3.8, 4) is 55.6 Å². The number of anilines is 6. The van der Waals surface area contributed by atoms with Gasteiger partial charge in [0.25, 0.3) is 6.71 Å². The highest BCUT2D eigenvalue weighted by Gasteiger charge is 2.54. The molecule has 2 nitrogen and oxygen atoms in total. The molecule has 18 rings (SSSR count). The second kappa shape index (κ2) is 15.0. The Morgan fingerprint density at radius 3 is 1.05 bits per heavy atom. The summed E-state index contributed by atoms with van der Waals surface area (Å²) in [4.78, 5) is 5.18. The van der Waals surface area contributed by atoms with Crippen molar-refractivity contribution < 1.29 is 0 Å². The van der Waals surface area contributed by atoms with E-state index >= 15 is 0 Å². The molecule has 6 aliphatic rings. The van der Waals surface area contributed by atoms with Gasteiger partial charge < -0.3 is 9.80 Å².